The van der Waals surface area contributed by atoms with Crippen molar-refractivity contribution in [1.82, 2.24) is 24.2 Å². The average molecular weight is 487 g/mol. The first kappa shape index (κ1) is 24.4. The monoisotopic (exact) mass is 486 g/mol. The Bertz CT molecular complexity index is 1200. The van der Waals surface area contributed by atoms with Crippen molar-refractivity contribution in [3.05, 3.63) is 48.0 Å². The first-order chi connectivity index (χ1) is 16.4. The molecule has 10 heteroatoms. The van der Waals surface area contributed by atoms with Crippen LogP contribution < -0.4 is 9.64 Å². The molecule has 0 spiro atoms. The van der Waals surface area contributed by atoms with Crippen molar-refractivity contribution < 1.29 is 13.2 Å². The molecule has 0 atom stereocenters. The number of aromatic nitrogens is 3. The Morgan fingerprint density at radius 1 is 1.21 bits per heavy atom. The Labute approximate surface area is 201 Å². The fourth-order valence-electron chi connectivity index (χ4n) is 4.57. The minimum atomic E-state index is -3.21. The molecule has 1 aliphatic rings. The predicted molar refractivity (Wildman–Crippen MR) is 135 cm³/mol. The molecule has 1 aliphatic heterocycles. The number of methoxy groups -OCH3 is 1. The molecular weight excluding hydrogens is 452 g/mol. The van der Waals surface area contributed by atoms with Gasteiger partial charge in [0.2, 0.25) is 10.0 Å². The van der Waals surface area contributed by atoms with Gasteiger partial charge in [0.15, 0.2) is 11.6 Å². The van der Waals surface area contributed by atoms with Gasteiger partial charge in [0.1, 0.15) is 6.33 Å². The summed E-state index contributed by atoms with van der Waals surface area (Å²) in [6, 6.07) is 6.18. The fraction of sp³-hybridized carbons (Fsp3) is 0.500. The maximum absolute atomic E-state index is 12.0. The number of H-pyrrole nitrogens is 1. The quantitative estimate of drug-likeness (QED) is 0.470. The number of aromatic amines is 1. The van der Waals surface area contributed by atoms with Crippen molar-refractivity contribution in [3.63, 3.8) is 0 Å². The van der Waals surface area contributed by atoms with Gasteiger partial charge in [0.05, 0.1) is 19.6 Å². The molecule has 0 saturated carbocycles. The van der Waals surface area contributed by atoms with Gasteiger partial charge < -0.3 is 14.6 Å². The zero-order chi connectivity index (χ0) is 24.1. The zero-order valence-electron chi connectivity index (χ0n) is 20.2. The first-order valence-electron chi connectivity index (χ1n) is 11.7. The average Bonchev–Trinajstić information content (AvgIpc) is 3.24. The predicted octanol–water partition coefficient (Wildman–Crippen LogP) is 2.50. The summed E-state index contributed by atoms with van der Waals surface area (Å²) >= 11 is 0. The minimum absolute atomic E-state index is 0.400. The van der Waals surface area contributed by atoms with Crippen LogP contribution in [0.4, 0.5) is 5.82 Å². The summed E-state index contributed by atoms with van der Waals surface area (Å²) in [4.78, 5) is 16.6. The van der Waals surface area contributed by atoms with E-state index in [1.54, 1.807) is 19.6 Å². The van der Waals surface area contributed by atoms with Crippen LogP contribution in [0, 0.1) is 0 Å². The molecular formula is C24H34N6O3S. The summed E-state index contributed by atoms with van der Waals surface area (Å²) in [7, 11) is -1.56. The molecule has 34 heavy (non-hydrogen) atoms. The molecule has 3 aromatic rings. The number of fused-ring (bicyclic) bond motifs is 1. The summed E-state index contributed by atoms with van der Waals surface area (Å²) < 4.78 is 30.8. The third-order valence-electron chi connectivity index (χ3n) is 6.48. The summed E-state index contributed by atoms with van der Waals surface area (Å²) in [5.74, 6) is 1.58. The van der Waals surface area contributed by atoms with Crippen LogP contribution in [0.2, 0.25) is 0 Å². The van der Waals surface area contributed by atoms with Gasteiger partial charge in [0, 0.05) is 56.4 Å². The summed E-state index contributed by atoms with van der Waals surface area (Å²) in [6.07, 6.45) is 8.67. The fourth-order valence-corrected chi connectivity index (χ4v) is 5.42. The van der Waals surface area contributed by atoms with E-state index < -0.39 is 10.0 Å². The highest BCUT2D eigenvalue weighted by atomic mass is 32.2. The Morgan fingerprint density at radius 3 is 2.71 bits per heavy atom. The van der Waals surface area contributed by atoms with Crippen molar-refractivity contribution in [3.8, 4) is 5.75 Å². The van der Waals surface area contributed by atoms with E-state index in [0.717, 1.165) is 62.5 Å². The number of anilines is 1. The summed E-state index contributed by atoms with van der Waals surface area (Å²) in [6.45, 7) is 7.58. The van der Waals surface area contributed by atoms with Gasteiger partial charge in [-0.25, -0.2) is 18.4 Å². The second-order valence-electron chi connectivity index (χ2n) is 8.73. The second kappa shape index (κ2) is 10.7. The number of rotatable bonds is 10. The van der Waals surface area contributed by atoms with E-state index in [-0.39, 0.29) is 0 Å². The lowest BCUT2D eigenvalue weighted by molar-refractivity contribution is 0.253. The van der Waals surface area contributed by atoms with Gasteiger partial charge >= 0.3 is 0 Å². The largest absolute Gasteiger partial charge is 0.491 e. The van der Waals surface area contributed by atoms with E-state index in [0.29, 0.717) is 18.8 Å². The molecule has 1 N–H and O–H groups in total. The van der Waals surface area contributed by atoms with Crippen molar-refractivity contribution in [1.29, 1.82) is 0 Å². The molecule has 4 rings (SSSR count). The van der Waals surface area contributed by atoms with E-state index >= 15 is 0 Å². The van der Waals surface area contributed by atoms with Crippen molar-refractivity contribution in [2.75, 3.05) is 57.5 Å². The van der Waals surface area contributed by atoms with Gasteiger partial charge in [-0.05, 0) is 42.6 Å². The Morgan fingerprint density at radius 2 is 2.00 bits per heavy atom. The van der Waals surface area contributed by atoms with E-state index in [9.17, 15) is 8.42 Å². The highest BCUT2D eigenvalue weighted by Crippen LogP contribution is 2.25. The molecule has 184 valence electrons. The number of piperazine rings is 1. The van der Waals surface area contributed by atoms with Gasteiger partial charge in [-0.15, -0.1) is 0 Å². The Hall–Kier alpha value is -2.69. The highest BCUT2D eigenvalue weighted by Gasteiger charge is 2.21. The number of hydrogen-bond acceptors (Lipinski definition) is 7. The number of aryl methyl sites for hydroxylation is 1. The molecule has 0 amide bonds. The lowest BCUT2D eigenvalue weighted by atomic mass is 10.1. The van der Waals surface area contributed by atoms with Crippen LogP contribution in [-0.2, 0) is 23.0 Å². The van der Waals surface area contributed by atoms with Crippen molar-refractivity contribution >= 4 is 26.7 Å². The molecule has 1 saturated heterocycles. The number of sulfonamides is 1. The first-order valence-corrected chi connectivity index (χ1v) is 13.6. The molecule has 1 aromatic carbocycles. The summed E-state index contributed by atoms with van der Waals surface area (Å²) in [5, 5.41) is 1.18. The molecule has 3 heterocycles. The van der Waals surface area contributed by atoms with Crippen molar-refractivity contribution in [2.24, 2.45) is 0 Å². The number of nitrogens with one attached hydrogen (secondary N) is 1. The second-order valence-corrected chi connectivity index (χ2v) is 10.7. The van der Waals surface area contributed by atoms with Gasteiger partial charge in [-0.2, -0.15) is 4.31 Å². The van der Waals surface area contributed by atoms with Crippen LogP contribution in [0.25, 0.3) is 10.9 Å². The number of nitrogens with zero attached hydrogens (tertiary/aromatic N) is 5. The van der Waals surface area contributed by atoms with Crippen LogP contribution in [-0.4, -0.2) is 85.2 Å². The molecule has 0 unspecified atom stereocenters. The Kier molecular flexibility index (Phi) is 7.70. The van der Waals surface area contributed by atoms with Crippen LogP contribution in [0.5, 0.6) is 5.75 Å². The maximum atomic E-state index is 12.0. The van der Waals surface area contributed by atoms with Gasteiger partial charge in [-0.1, -0.05) is 13.0 Å². The number of ether oxygens (including phenoxy) is 1. The van der Waals surface area contributed by atoms with Crippen LogP contribution >= 0.6 is 0 Å². The third-order valence-corrected chi connectivity index (χ3v) is 7.81. The molecule has 9 nitrogen and oxygen atoms in total. The molecule has 1 fully saturated rings. The number of benzene rings is 1. The zero-order valence-corrected chi connectivity index (χ0v) is 21.0. The normalized spacial score (nSPS) is 15.4. The highest BCUT2D eigenvalue weighted by molar-refractivity contribution is 7.88. The lowest BCUT2D eigenvalue weighted by Crippen LogP contribution is -2.47. The van der Waals surface area contributed by atoms with Crippen LogP contribution in [0.3, 0.4) is 0 Å². The third kappa shape index (κ3) is 5.68. The van der Waals surface area contributed by atoms with Crippen LogP contribution in [0.1, 0.15) is 24.5 Å². The van der Waals surface area contributed by atoms with E-state index in [1.165, 1.54) is 21.5 Å². The smallest absolute Gasteiger partial charge is 0.211 e. The molecule has 0 aliphatic carbocycles. The van der Waals surface area contributed by atoms with Gasteiger partial charge in [-0.3, -0.25) is 4.90 Å². The SMILES string of the molecule is CCN(Cc1ccc2[nH]cc(CCCN3CCN(c4ncncc4OC)CC3)c2c1)S(C)(=O)=O. The lowest BCUT2D eigenvalue weighted by Gasteiger charge is -2.35. The Balaban J connectivity index is 1.32. The maximum Gasteiger partial charge on any atom is 0.211 e. The van der Waals surface area contributed by atoms with Gasteiger partial charge in [0.25, 0.3) is 0 Å². The van der Waals surface area contributed by atoms with Crippen molar-refractivity contribution in [2.45, 2.75) is 26.3 Å². The van der Waals surface area contributed by atoms with E-state index in [4.69, 9.17) is 4.74 Å². The van der Waals surface area contributed by atoms with E-state index in [1.807, 2.05) is 19.1 Å². The van der Waals surface area contributed by atoms with E-state index in [2.05, 4.69) is 37.0 Å². The molecule has 2 aromatic heterocycles. The topological polar surface area (TPSA) is 94.7 Å². The standard InChI is InChI=1S/C24H34N6O3S/c1-4-30(34(3,31)32)17-19-7-8-22-21(14-19)20(15-26-22)6-5-9-28-10-12-29(13-11-28)24-23(33-2)16-25-18-27-24/h7-8,14-16,18,26H,4-6,9-13,17H2,1-3H3. The minimum Gasteiger partial charge on any atom is -0.491 e. The molecule has 0 bridgehead atoms. The van der Waals surface area contributed by atoms with Crippen LogP contribution in [0.15, 0.2) is 36.9 Å². The number of hydrogen-bond donors (Lipinski definition) is 1. The molecule has 0 radical (unpaired) electrons. The summed E-state index contributed by atoms with van der Waals surface area (Å²) in [5.41, 5.74) is 3.38.